The van der Waals surface area contributed by atoms with Gasteiger partial charge in [-0.25, -0.2) is 4.79 Å². The van der Waals surface area contributed by atoms with Crippen molar-refractivity contribution in [2.45, 2.75) is 25.3 Å². The molecule has 0 saturated carbocycles. The summed E-state index contributed by atoms with van der Waals surface area (Å²) in [4.78, 5) is 16.9. The average Bonchev–Trinajstić information content (AvgIpc) is 2.85. The van der Waals surface area contributed by atoms with Crippen molar-refractivity contribution in [3.05, 3.63) is 36.0 Å². The number of aryl methyl sites for hydroxylation is 1. The third-order valence-electron chi connectivity index (χ3n) is 2.40. The zero-order chi connectivity index (χ0) is 14.4. The number of anilines is 1. The number of carbonyl (C=O) groups is 1. The molecule has 0 saturated heterocycles. The van der Waals surface area contributed by atoms with Crippen molar-refractivity contribution in [3.8, 4) is 0 Å². The minimum atomic E-state index is -0.302. The summed E-state index contributed by atoms with van der Waals surface area (Å²) in [7, 11) is 0. The van der Waals surface area contributed by atoms with Gasteiger partial charge in [-0.15, -0.1) is 11.8 Å². The Hall–Kier alpha value is -2.02. The molecule has 0 fully saturated rings. The summed E-state index contributed by atoms with van der Waals surface area (Å²) in [5, 5.41) is 9.10. The van der Waals surface area contributed by atoms with Gasteiger partial charge in [0.05, 0.1) is 6.54 Å². The van der Waals surface area contributed by atoms with Gasteiger partial charge in [0.15, 0.2) is 5.82 Å². The van der Waals surface area contributed by atoms with Gasteiger partial charge in [0.2, 0.25) is 5.89 Å². The molecular formula is C13H16N4O2S. The molecule has 0 atom stereocenters. The third-order valence-corrected chi connectivity index (χ3v) is 3.29. The highest BCUT2D eigenvalue weighted by molar-refractivity contribution is 7.99. The van der Waals surface area contributed by atoms with Gasteiger partial charge in [0.25, 0.3) is 0 Å². The molecule has 7 heteroatoms. The molecule has 0 unspecified atom stereocenters. The fourth-order valence-corrected chi connectivity index (χ4v) is 2.21. The lowest BCUT2D eigenvalue weighted by atomic mass is 10.3. The molecule has 0 aliphatic heterocycles. The number of aromatic nitrogens is 2. The molecule has 2 rings (SSSR count). The second-order valence-corrected chi connectivity index (χ2v) is 5.33. The van der Waals surface area contributed by atoms with Crippen molar-refractivity contribution in [1.82, 2.24) is 15.5 Å². The molecule has 0 bridgehead atoms. The number of nitrogens with one attached hydrogen (secondary N) is 2. The highest BCUT2D eigenvalue weighted by Gasteiger charge is 2.05. The summed E-state index contributed by atoms with van der Waals surface area (Å²) in [6.45, 7) is 4.03. The highest BCUT2D eigenvalue weighted by Crippen LogP contribution is 2.19. The quantitative estimate of drug-likeness (QED) is 0.828. The van der Waals surface area contributed by atoms with E-state index in [1.54, 1.807) is 18.7 Å². The first-order chi connectivity index (χ1) is 9.67. The molecule has 2 aromatic rings. The molecule has 20 heavy (non-hydrogen) atoms. The Morgan fingerprint density at radius 2 is 2.10 bits per heavy atom. The zero-order valence-corrected chi connectivity index (χ0v) is 12.2. The smallest absolute Gasteiger partial charge is 0.319 e. The number of amides is 2. The van der Waals surface area contributed by atoms with Crippen LogP contribution < -0.4 is 10.6 Å². The maximum atomic E-state index is 11.7. The van der Waals surface area contributed by atoms with Crippen LogP contribution in [0.4, 0.5) is 10.5 Å². The van der Waals surface area contributed by atoms with Crippen LogP contribution in [-0.4, -0.2) is 21.9 Å². The zero-order valence-electron chi connectivity index (χ0n) is 11.3. The third kappa shape index (κ3) is 4.27. The minimum absolute atomic E-state index is 0.229. The van der Waals surface area contributed by atoms with E-state index in [9.17, 15) is 4.79 Å². The lowest BCUT2D eigenvalue weighted by Crippen LogP contribution is -2.28. The van der Waals surface area contributed by atoms with E-state index in [1.807, 2.05) is 24.3 Å². The predicted octanol–water partition coefficient (Wildman–Crippen LogP) is 2.81. The lowest BCUT2D eigenvalue weighted by molar-refractivity contribution is 0.251. The lowest BCUT2D eigenvalue weighted by Gasteiger charge is -2.06. The number of urea groups is 1. The van der Waals surface area contributed by atoms with Gasteiger partial charge in [-0.05, 0) is 30.0 Å². The SMILES string of the molecule is CCSc1ccc(NC(=O)NCc2noc(C)n2)cc1. The Morgan fingerprint density at radius 3 is 2.70 bits per heavy atom. The van der Waals surface area contributed by atoms with Gasteiger partial charge >= 0.3 is 6.03 Å². The first-order valence-electron chi connectivity index (χ1n) is 6.24. The average molecular weight is 292 g/mol. The van der Waals surface area contributed by atoms with Crippen LogP contribution in [0.5, 0.6) is 0 Å². The molecule has 6 nitrogen and oxygen atoms in total. The van der Waals surface area contributed by atoms with Gasteiger partial charge in [0.1, 0.15) is 0 Å². The molecule has 1 aromatic carbocycles. The Labute approximate surface area is 121 Å². The number of carbonyl (C=O) groups excluding carboxylic acids is 1. The second kappa shape index (κ2) is 6.95. The molecule has 0 spiro atoms. The van der Waals surface area contributed by atoms with Crippen LogP contribution >= 0.6 is 11.8 Å². The van der Waals surface area contributed by atoms with E-state index in [4.69, 9.17) is 4.52 Å². The number of hydrogen-bond acceptors (Lipinski definition) is 5. The number of nitrogens with zero attached hydrogens (tertiary/aromatic N) is 2. The van der Waals surface area contributed by atoms with E-state index in [1.165, 1.54) is 4.90 Å². The molecule has 2 amide bonds. The fourth-order valence-electron chi connectivity index (χ4n) is 1.55. The van der Waals surface area contributed by atoms with Crippen molar-refractivity contribution in [1.29, 1.82) is 0 Å². The van der Waals surface area contributed by atoms with Crippen LogP contribution in [0, 0.1) is 6.92 Å². The Morgan fingerprint density at radius 1 is 1.35 bits per heavy atom. The maximum Gasteiger partial charge on any atom is 0.319 e. The molecule has 1 aromatic heterocycles. The summed E-state index contributed by atoms with van der Waals surface area (Å²) < 4.78 is 4.82. The van der Waals surface area contributed by atoms with E-state index in [0.717, 1.165) is 11.4 Å². The largest absolute Gasteiger partial charge is 0.340 e. The summed E-state index contributed by atoms with van der Waals surface area (Å²) in [6, 6.07) is 7.40. The van der Waals surface area contributed by atoms with Crippen molar-refractivity contribution >= 4 is 23.5 Å². The van der Waals surface area contributed by atoms with Gasteiger partial charge in [-0.3, -0.25) is 0 Å². The second-order valence-electron chi connectivity index (χ2n) is 3.99. The van der Waals surface area contributed by atoms with Gasteiger partial charge in [-0.1, -0.05) is 12.1 Å². The van der Waals surface area contributed by atoms with Crippen molar-refractivity contribution in [3.63, 3.8) is 0 Å². The summed E-state index contributed by atoms with van der Waals surface area (Å²) in [5.74, 6) is 1.95. The van der Waals surface area contributed by atoms with Crippen LogP contribution in [0.1, 0.15) is 18.6 Å². The number of benzene rings is 1. The maximum absolute atomic E-state index is 11.7. The van der Waals surface area contributed by atoms with Crippen molar-refractivity contribution in [2.24, 2.45) is 0 Å². The van der Waals surface area contributed by atoms with Crippen LogP contribution in [0.3, 0.4) is 0 Å². The molecule has 0 aliphatic rings. The summed E-state index contributed by atoms with van der Waals surface area (Å²) in [6.07, 6.45) is 0. The van der Waals surface area contributed by atoms with Gasteiger partial charge in [0, 0.05) is 17.5 Å². The molecular weight excluding hydrogens is 276 g/mol. The van der Waals surface area contributed by atoms with E-state index in [-0.39, 0.29) is 12.6 Å². The van der Waals surface area contributed by atoms with Gasteiger partial charge in [-0.2, -0.15) is 4.98 Å². The standard InChI is InChI=1S/C13H16N4O2S/c1-3-20-11-6-4-10(5-7-11)16-13(18)14-8-12-15-9(2)19-17-12/h4-7H,3,8H2,1-2H3,(H2,14,16,18). The van der Waals surface area contributed by atoms with Crippen molar-refractivity contribution < 1.29 is 9.32 Å². The highest BCUT2D eigenvalue weighted by atomic mass is 32.2. The molecule has 106 valence electrons. The Bertz CT molecular complexity index is 568. The topological polar surface area (TPSA) is 80.0 Å². The molecule has 2 N–H and O–H groups in total. The van der Waals surface area contributed by atoms with Crippen LogP contribution in [0.15, 0.2) is 33.7 Å². The Balaban J connectivity index is 1.81. The van der Waals surface area contributed by atoms with E-state index in [0.29, 0.717) is 11.7 Å². The van der Waals surface area contributed by atoms with E-state index < -0.39 is 0 Å². The molecule has 0 aliphatic carbocycles. The van der Waals surface area contributed by atoms with Crippen molar-refractivity contribution in [2.75, 3.05) is 11.1 Å². The Kier molecular flexibility index (Phi) is 5.00. The van der Waals surface area contributed by atoms with Crippen LogP contribution in [0.2, 0.25) is 0 Å². The molecule has 1 heterocycles. The van der Waals surface area contributed by atoms with E-state index >= 15 is 0 Å². The normalized spacial score (nSPS) is 10.3. The minimum Gasteiger partial charge on any atom is -0.340 e. The first-order valence-corrected chi connectivity index (χ1v) is 7.23. The fraction of sp³-hybridized carbons (Fsp3) is 0.308. The number of thioether (sulfide) groups is 1. The molecule has 0 radical (unpaired) electrons. The van der Waals surface area contributed by atoms with Crippen LogP contribution in [-0.2, 0) is 6.54 Å². The van der Waals surface area contributed by atoms with E-state index in [2.05, 4.69) is 27.7 Å². The predicted molar refractivity (Wildman–Crippen MR) is 77.7 cm³/mol. The monoisotopic (exact) mass is 292 g/mol. The first kappa shape index (κ1) is 14.4. The number of hydrogen-bond donors (Lipinski definition) is 2. The van der Waals surface area contributed by atoms with Crippen LogP contribution in [0.25, 0.3) is 0 Å². The van der Waals surface area contributed by atoms with Gasteiger partial charge < -0.3 is 15.2 Å². The summed E-state index contributed by atoms with van der Waals surface area (Å²) in [5.41, 5.74) is 0.743. The summed E-state index contributed by atoms with van der Waals surface area (Å²) >= 11 is 1.76. The number of rotatable bonds is 5.